The largest absolute Gasteiger partial charge is 0.493 e. The average Bonchev–Trinajstić information content (AvgIpc) is 2.87. The molecule has 2 amide bonds. The lowest BCUT2D eigenvalue weighted by Gasteiger charge is -2.38. The zero-order chi connectivity index (χ0) is 25.4. The van der Waals surface area contributed by atoms with Gasteiger partial charge in [-0.1, -0.05) is 0 Å². The zero-order valence-corrected chi connectivity index (χ0v) is 20.9. The first-order chi connectivity index (χ1) is 16.9. The fraction of sp³-hybridized carbons (Fsp3) is 0.500. The van der Waals surface area contributed by atoms with Gasteiger partial charge in [-0.3, -0.25) is 9.59 Å². The summed E-state index contributed by atoms with van der Waals surface area (Å²) in [4.78, 5) is 35.3. The van der Waals surface area contributed by atoms with Crippen LogP contribution in [0, 0.1) is 11.8 Å². The number of carbonyl (C=O) groups is 2. The number of hydrogen-bond acceptors (Lipinski definition) is 9. The monoisotopic (exact) mass is 486 g/mol. The van der Waals surface area contributed by atoms with Crippen molar-refractivity contribution in [3.8, 4) is 17.2 Å². The van der Waals surface area contributed by atoms with E-state index in [1.807, 2.05) is 6.07 Å². The Bertz CT molecular complexity index is 982. The fourth-order valence-corrected chi connectivity index (χ4v) is 4.40. The minimum atomic E-state index is -0.0111. The van der Waals surface area contributed by atoms with E-state index in [0.29, 0.717) is 54.8 Å². The quantitative estimate of drug-likeness (QED) is 0.462. The molecular formula is C24H34N6O5. The molecule has 0 radical (unpaired) electrons. The first kappa shape index (κ1) is 25.9. The summed E-state index contributed by atoms with van der Waals surface area (Å²) in [5.41, 5.74) is 0.672. The summed E-state index contributed by atoms with van der Waals surface area (Å²) >= 11 is 0. The van der Waals surface area contributed by atoms with Crippen molar-refractivity contribution in [1.29, 1.82) is 0 Å². The van der Waals surface area contributed by atoms with Crippen LogP contribution in [0.15, 0.2) is 24.4 Å². The Morgan fingerprint density at radius 1 is 0.971 bits per heavy atom. The molecule has 11 nitrogen and oxygen atoms in total. The van der Waals surface area contributed by atoms with Crippen molar-refractivity contribution in [3.63, 3.8) is 0 Å². The van der Waals surface area contributed by atoms with Crippen molar-refractivity contribution in [3.05, 3.63) is 24.4 Å². The number of anilines is 3. The van der Waals surface area contributed by atoms with Gasteiger partial charge in [-0.2, -0.15) is 4.98 Å². The second-order valence-electron chi connectivity index (χ2n) is 8.40. The number of nitrogens with one attached hydrogen (secondary N) is 3. The Hall–Kier alpha value is -3.76. The number of ether oxygens (including phenoxy) is 3. The molecule has 190 valence electrons. The van der Waals surface area contributed by atoms with Gasteiger partial charge in [0, 0.05) is 64.0 Å². The van der Waals surface area contributed by atoms with E-state index >= 15 is 0 Å². The van der Waals surface area contributed by atoms with E-state index in [0.717, 1.165) is 12.2 Å². The minimum absolute atomic E-state index is 0.0111. The Labute approximate surface area is 205 Å². The zero-order valence-electron chi connectivity index (χ0n) is 20.9. The summed E-state index contributed by atoms with van der Waals surface area (Å²) in [5, 5.41) is 8.59. The van der Waals surface area contributed by atoms with Crippen LogP contribution in [-0.4, -0.2) is 70.3 Å². The third-order valence-corrected chi connectivity index (χ3v) is 6.02. The van der Waals surface area contributed by atoms with Crippen LogP contribution in [0.5, 0.6) is 17.2 Å². The number of rotatable bonds is 10. The van der Waals surface area contributed by atoms with Crippen LogP contribution in [0.3, 0.4) is 0 Å². The molecule has 3 N–H and O–H groups in total. The van der Waals surface area contributed by atoms with E-state index in [1.54, 1.807) is 53.8 Å². The van der Waals surface area contributed by atoms with Gasteiger partial charge in [0.05, 0.1) is 21.3 Å². The summed E-state index contributed by atoms with van der Waals surface area (Å²) in [5.74, 6) is 2.83. The molecule has 2 atom stereocenters. The van der Waals surface area contributed by atoms with Gasteiger partial charge in [-0.05, 0) is 24.3 Å². The molecule has 0 bridgehead atoms. The summed E-state index contributed by atoms with van der Waals surface area (Å²) in [6, 6.07) is 5.38. The number of piperidine rings is 1. The standard InChI is InChI=1S/C24H34N6O5/c1-25-21(31)9-15-8-16(10-22(32)26-2)14-30(13-15)20-6-7-27-24(29-20)28-17-11-18(33-3)23(35-5)19(12-17)34-4/h6-7,11-12,15-16H,8-10,13-14H2,1-5H3,(H,25,31)(H,26,32)(H,27,28,29)/t15-,16+. The van der Waals surface area contributed by atoms with Gasteiger partial charge in [0.1, 0.15) is 5.82 Å². The second-order valence-corrected chi connectivity index (χ2v) is 8.40. The normalized spacial score (nSPS) is 17.3. The third-order valence-electron chi connectivity index (χ3n) is 6.02. The lowest BCUT2D eigenvalue weighted by molar-refractivity contribution is -0.121. The van der Waals surface area contributed by atoms with Gasteiger partial charge in [-0.25, -0.2) is 4.98 Å². The molecule has 1 saturated heterocycles. The summed E-state index contributed by atoms with van der Waals surface area (Å²) in [7, 11) is 7.93. The third kappa shape index (κ3) is 6.65. The van der Waals surface area contributed by atoms with Gasteiger partial charge in [0.2, 0.25) is 23.5 Å². The SMILES string of the molecule is CNC(=O)C[C@@H]1C[C@H](CC(=O)NC)CN(c2ccnc(Nc3cc(OC)c(OC)c(OC)c3)n2)C1. The molecule has 0 spiro atoms. The van der Waals surface area contributed by atoms with Crippen LogP contribution < -0.4 is 35.1 Å². The van der Waals surface area contributed by atoms with E-state index in [9.17, 15) is 9.59 Å². The maximum atomic E-state index is 12.0. The van der Waals surface area contributed by atoms with Gasteiger partial charge >= 0.3 is 0 Å². The maximum absolute atomic E-state index is 12.0. The molecule has 3 rings (SSSR count). The Kier molecular flexibility index (Phi) is 8.93. The van der Waals surface area contributed by atoms with Crippen molar-refractivity contribution in [2.45, 2.75) is 19.3 Å². The molecule has 0 unspecified atom stereocenters. The maximum Gasteiger partial charge on any atom is 0.229 e. The van der Waals surface area contributed by atoms with E-state index in [2.05, 4.69) is 25.8 Å². The Morgan fingerprint density at radius 2 is 1.54 bits per heavy atom. The second kappa shape index (κ2) is 12.1. The molecule has 1 aliphatic heterocycles. The number of aromatic nitrogens is 2. The van der Waals surface area contributed by atoms with Gasteiger partial charge in [-0.15, -0.1) is 0 Å². The van der Waals surface area contributed by atoms with E-state index in [4.69, 9.17) is 19.2 Å². The van der Waals surface area contributed by atoms with Crippen LogP contribution in [0.2, 0.25) is 0 Å². The highest BCUT2D eigenvalue weighted by atomic mass is 16.5. The highest BCUT2D eigenvalue weighted by Crippen LogP contribution is 2.40. The lowest BCUT2D eigenvalue weighted by Crippen LogP contribution is -2.43. The summed E-state index contributed by atoms with van der Waals surface area (Å²) in [6.07, 6.45) is 3.29. The van der Waals surface area contributed by atoms with Crippen molar-refractivity contribution in [2.24, 2.45) is 11.8 Å². The van der Waals surface area contributed by atoms with Crippen molar-refractivity contribution >= 4 is 29.3 Å². The number of nitrogens with zero attached hydrogens (tertiary/aromatic N) is 3. The fourth-order valence-electron chi connectivity index (χ4n) is 4.40. The van der Waals surface area contributed by atoms with Crippen LogP contribution >= 0.6 is 0 Å². The molecule has 1 aromatic carbocycles. The van der Waals surface area contributed by atoms with E-state index in [-0.39, 0.29) is 23.7 Å². The molecule has 2 heterocycles. The van der Waals surface area contributed by atoms with E-state index in [1.165, 1.54) is 0 Å². The number of methoxy groups -OCH3 is 3. The Balaban J connectivity index is 1.83. The van der Waals surface area contributed by atoms with Crippen LogP contribution in [0.1, 0.15) is 19.3 Å². The average molecular weight is 487 g/mol. The molecule has 35 heavy (non-hydrogen) atoms. The molecule has 11 heteroatoms. The molecule has 1 aromatic heterocycles. The highest BCUT2D eigenvalue weighted by Gasteiger charge is 2.30. The molecule has 0 saturated carbocycles. The van der Waals surface area contributed by atoms with Crippen molar-refractivity contribution in [2.75, 3.05) is 58.7 Å². The first-order valence-electron chi connectivity index (χ1n) is 11.5. The smallest absolute Gasteiger partial charge is 0.229 e. The molecular weight excluding hydrogens is 452 g/mol. The van der Waals surface area contributed by atoms with Gasteiger partial charge in [0.25, 0.3) is 0 Å². The topological polar surface area (TPSA) is 127 Å². The van der Waals surface area contributed by atoms with Crippen molar-refractivity contribution < 1.29 is 23.8 Å². The summed E-state index contributed by atoms with van der Waals surface area (Å²) in [6.45, 7) is 1.33. The number of carbonyl (C=O) groups excluding carboxylic acids is 2. The van der Waals surface area contributed by atoms with Crippen LogP contribution in [0.25, 0.3) is 0 Å². The van der Waals surface area contributed by atoms with Crippen molar-refractivity contribution in [1.82, 2.24) is 20.6 Å². The van der Waals surface area contributed by atoms with Crippen LogP contribution in [0.4, 0.5) is 17.5 Å². The first-order valence-corrected chi connectivity index (χ1v) is 11.5. The highest BCUT2D eigenvalue weighted by molar-refractivity contribution is 5.77. The molecule has 1 fully saturated rings. The minimum Gasteiger partial charge on any atom is -0.493 e. The van der Waals surface area contributed by atoms with Gasteiger partial charge < -0.3 is 35.1 Å². The van der Waals surface area contributed by atoms with Gasteiger partial charge in [0.15, 0.2) is 11.5 Å². The molecule has 2 aromatic rings. The predicted molar refractivity (Wildman–Crippen MR) is 133 cm³/mol. The number of amides is 2. The lowest BCUT2D eigenvalue weighted by atomic mass is 9.85. The summed E-state index contributed by atoms with van der Waals surface area (Å²) < 4.78 is 16.2. The van der Waals surface area contributed by atoms with E-state index < -0.39 is 0 Å². The molecule has 0 aliphatic carbocycles. The Morgan fingerprint density at radius 3 is 2.03 bits per heavy atom. The predicted octanol–water partition coefficient (Wildman–Crippen LogP) is 1.96. The number of benzene rings is 1. The number of hydrogen-bond donors (Lipinski definition) is 3. The van der Waals surface area contributed by atoms with Crippen LogP contribution in [-0.2, 0) is 9.59 Å². The molecule has 1 aliphatic rings.